The van der Waals surface area contributed by atoms with Gasteiger partial charge in [0.15, 0.2) is 0 Å². The highest BCUT2D eigenvalue weighted by atomic mass is 16.3. The summed E-state index contributed by atoms with van der Waals surface area (Å²) in [7, 11) is 0. The molecule has 10 rings (SSSR count). The molecular formula is C48H32O. The Morgan fingerprint density at radius 2 is 0.939 bits per heavy atom. The Morgan fingerprint density at radius 3 is 1.69 bits per heavy atom. The van der Waals surface area contributed by atoms with Crippen molar-refractivity contribution in [3.63, 3.8) is 0 Å². The van der Waals surface area contributed by atoms with E-state index in [1.807, 2.05) is 12.1 Å². The van der Waals surface area contributed by atoms with E-state index in [0.29, 0.717) is 11.8 Å². The van der Waals surface area contributed by atoms with Crippen molar-refractivity contribution in [3.8, 4) is 44.5 Å². The third-order valence-electron chi connectivity index (χ3n) is 10.5. The minimum Gasteiger partial charge on any atom is -0.455 e. The number of benzene rings is 7. The van der Waals surface area contributed by atoms with E-state index in [0.717, 1.165) is 33.1 Å². The fourth-order valence-corrected chi connectivity index (χ4v) is 8.09. The van der Waals surface area contributed by atoms with Gasteiger partial charge in [0, 0.05) is 28.2 Å². The van der Waals surface area contributed by atoms with Crippen LogP contribution in [-0.2, 0) is 0 Å². The van der Waals surface area contributed by atoms with Crippen molar-refractivity contribution in [3.05, 3.63) is 199 Å². The maximum atomic E-state index is 6.35. The SMILES string of the molecule is C1=CC2c3ccccc3-c3ccccc3C2C=C1c1cccc(-c2ccc(-c3cccc(-c4cccc5c4oc4ccccc45)c3)cc2)c1. The topological polar surface area (TPSA) is 13.1 Å². The van der Waals surface area contributed by atoms with Crippen LogP contribution in [0.4, 0.5) is 0 Å². The van der Waals surface area contributed by atoms with E-state index in [4.69, 9.17) is 4.42 Å². The molecule has 230 valence electrons. The number of fused-ring (bicyclic) bond motifs is 9. The zero-order valence-electron chi connectivity index (χ0n) is 26.9. The second kappa shape index (κ2) is 11.2. The van der Waals surface area contributed by atoms with Gasteiger partial charge in [-0.2, -0.15) is 0 Å². The van der Waals surface area contributed by atoms with Gasteiger partial charge < -0.3 is 4.42 Å². The van der Waals surface area contributed by atoms with Crippen molar-refractivity contribution in [1.29, 1.82) is 0 Å². The molecule has 0 amide bonds. The lowest BCUT2D eigenvalue weighted by Crippen LogP contribution is -2.17. The van der Waals surface area contributed by atoms with Crippen molar-refractivity contribution < 1.29 is 4.42 Å². The molecule has 0 saturated carbocycles. The van der Waals surface area contributed by atoms with Crippen LogP contribution in [0, 0.1) is 0 Å². The molecule has 1 aromatic heterocycles. The molecule has 1 heteroatoms. The van der Waals surface area contributed by atoms with Crippen LogP contribution >= 0.6 is 0 Å². The lowest BCUT2D eigenvalue weighted by Gasteiger charge is -2.35. The molecule has 1 nitrogen and oxygen atoms in total. The number of rotatable bonds is 4. The smallest absolute Gasteiger partial charge is 0.143 e. The van der Waals surface area contributed by atoms with Crippen molar-refractivity contribution in [1.82, 2.24) is 0 Å². The summed E-state index contributed by atoms with van der Waals surface area (Å²) >= 11 is 0. The van der Waals surface area contributed by atoms with Gasteiger partial charge >= 0.3 is 0 Å². The molecule has 0 N–H and O–H groups in total. The zero-order chi connectivity index (χ0) is 32.3. The predicted molar refractivity (Wildman–Crippen MR) is 205 cm³/mol. The summed E-state index contributed by atoms with van der Waals surface area (Å²) in [6.07, 6.45) is 7.23. The summed E-state index contributed by atoms with van der Waals surface area (Å²) < 4.78 is 6.35. The van der Waals surface area contributed by atoms with Gasteiger partial charge in [0.1, 0.15) is 11.2 Å². The van der Waals surface area contributed by atoms with Gasteiger partial charge in [-0.1, -0.05) is 164 Å². The van der Waals surface area contributed by atoms with Crippen LogP contribution in [0.15, 0.2) is 186 Å². The minimum atomic E-state index is 0.323. The van der Waals surface area contributed by atoms with E-state index in [1.54, 1.807) is 0 Å². The molecule has 2 aliphatic carbocycles. The second-order valence-electron chi connectivity index (χ2n) is 13.2. The van der Waals surface area contributed by atoms with E-state index in [-0.39, 0.29) is 0 Å². The van der Waals surface area contributed by atoms with Crippen molar-refractivity contribution >= 4 is 27.5 Å². The first-order chi connectivity index (χ1) is 24.3. The van der Waals surface area contributed by atoms with Crippen molar-refractivity contribution in [2.24, 2.45) is 0 Å². The largest absolute Gasteiger partial charge is 0.455 e. The average Bonchev–Trinajstić information content (AvgIpc) is 3.57. The fraction of sp³-hybridized carbons (Fsp3) is 0.0417. The molecule has 0 spiro atoms. The highest BCUT2D eigenvalue weighted by Gasteiger charge is 2.32. The molecule has 2 atom stereocenters. The Morgan fingerprint density at radius 1 is 0.388 bits per heavy atom. The molecule has 49 heavy (non-hydrogen) atoms. The molecule has 0 saturated heterocycles. The number of para-hydroxylation sites is 2. The fourth-order valence-electron chi connectivity index (χ4n) is 8.09. The Bertz CT molecular complexity index is 2610. The molecule has 2 aliphatic rings. The van der Waals surface area contributed by atoms with Gasteiger partial charge in [-0.25, -0.2) is 0 Å². The van der Waals surface area contributed by atoms with Crippen LogP contribution in [0.5, 0.6) is 0 Å². The summed E-state index contributed by atoms with van der Waals surface area (Å²) in [5.41, 5.74) is 17.0. The predicted octanol–water partition coefficient (Wildman–Crippen LogP) is 13.1. The average molecular weight is 625 g/mol. The van der Waals surface area contributed by atoms with E-state index >= 15 is 0 Å². The van der Waals surface area contributed by atoms with Gasteiger partial charge in [-0.15, -0.1) is 0 Å². The van der Waals surface area contributed by atoms with E-state index in [2.05, 4.69) is 170 Å². The summed E-state index contributed by atoms with van der Waals surface area (Å²) in [5, 5.41) is 2.30. The second-order valence-corrected chi connectivity index (χ2v) is 13.2. The molecule has 8 aromatic rings. The summed E-state index contributed by atoms with van der Waals surface area (Å²) in [4.78, 5) is 0. The molecule has 1 heterocycles. The summed E-state index contributed by atoms with van der Waals surface area (Å²) in [6, 6.07) is 59.2. The van der Waals surface area contributed by atoms with Crippen LogP contribution in [-0.4, -0.2) is 0 Å². The quantitative estimate of drug-likeness (QED) is 0.190. The Kier molecular flexibility index (Phi) is 6.38. The van der Waals surface area contributed by atoms with Crippen molar-refractivity contribution in [2.45, 2.75) is 11.8 Å². The zero-order valence-corrected chi connectivity index (χ0v) is 26.9. The van der Waals surface area contributed by atoms with Gasteiger partial charge in [0.05, 0.1) is 0 Å². The third kappa shape index (κ3) is 4.62. The Labute approximate surface area is 286 Å². The van der Waals surface area contributed by atoms with Crippen LogP contribution in [0.3, 0.4) is 0 Å². The van der Waals surface area contributed by atoms with Gasteiger partial charge in [0.2, 0.25) is 0 Å². The van der Waals surface area contributed by atoms with Crippen LogP contribution < -0.4 is 0 Å². The highest BCUT2D eigenvalue weighted by molar-refractivity contribution is 6.09. The van der Waals surface area contributed by atoms with Crippen LogP contribution in [0.1, 0.15) is 28.5 Å². The normalized spacial score (nSPS) is 16.2. The maximum absolute atomic E-state index is 6.35. The summed E-state index contributed by atoms with van der Waals surface area (Å²) in [5.74, 6) is 0.680. The van der Waals surface area contributed by atoms with Crippen molar-refractivity contribution in [2.75, 3.05) is 0 Å². The number of hydrogen-bond acceptors (Lipinski definition) is 1. The third-order valence-corrected chi connectivity index (χ3v) is 10.5. The van der Waals surface area contributed by atoms with Crippen LogP contribution in [0.25, 0.3) is 72.0 Å². The number of hydrogen-bond donors (Lipinski definition) is 0. The van der Waals surface area contributed by atoms with E-state index in [9.17, 15) is 0 Å². The highest BCUT2D eigenvalue weighted by Crippen LogP contribution is 2.51. The number of furan rings is 1. The molecule has 7 aromatic carbocycles. The van der Waals surface area contributed by atoms with E-state index in [1.165, 1.54) is 55.6 Å². The number of allylic oxidation sites excluding steroid dienone is 4. The maximum Gasteiger partial charge on any atom is 0.143 e. The van der Waals surface area contributed by atoms with E-state index < -0.39 is 0 Å². The Hall–Kier alpha value is -6.18. The molecule has 2 unspecified atom stereocenters. The molecule has 0 fully saturated rings. The minimum absolute atomic E-state index is 0.323. The molecule has 0 aliphatic heterocycles. The first-order valence-electron chi connectivity index (χ1n) is 17.1. The molecular weight excluding hydrogens is 593 g/mol. The first kappa shape index (κ1) is 27.9. The van der Waals surface area contributed by atoms with Gasteiger partial charge in [-0.05, 0) is 79.4 Å². The standard InChI is InChI=1S/C48H32O/c1-2-16-41-39(14-1)40-15-3-4-17-42(40)46-30-36(26-27-43(41)46)35-12-7-10-33(28-35)31-22-24-32(25-23-31)34-11-8-13-37(29-34)38-19-9-20-45-44-18-5-6-21-47(44)49-48(38)45/h1-30,43,46H. The monoisotopic (exact) mass is 624 g/mol. The molecule has 0 bridgehead atoms. The molecule has 0 radical (unpaired) electrons. The van der Waals surface area contributed by atoms with Gasteiger partial charge in [0.25, 0.3) is 0 Å². The summed E-state index contributed by atoms with van der Waals surface area (Å²) in [6.45, 7) is 0. The lowest BCUT2D eigenvalue weighted by molar-refractivity contribution is 0.670. The van der Waals surface area contributed by atoms with Crippen LogP contribution in [0.2, 0.25) is 0 Å². The first-order valence-corrected chi connectivity index (χ1v) is 17.1. The Balaban J connectivity index is 0.954. The van der Waals surface area contributed by atoms with Gasteiger partial charge in [-0.3, -0.25) is 0 Å². The lowest BCUT2D eigenvalue weighted by atomic mass is 9.69.